The Hall–Kier alpha value is -0.0800. The highest BCUT2D eigenvalue weighted by atomic mass is 16.7. The van der Waals surface area contributed by atoms with Crippen LogP contribution < -0.4 is 0 Å². The Bertz CT molecular complexity index is 165. The molecule has 0 aromatic heterocycles. The van der Waals surface area contributed by atoms with Crippen molar-refractivity contribution in [2.75, 3.05) is 13.2 Å². The number of hydrogen-bond donors (Lipinski definition) is 0. The van der Waals surface area contributed by atoms with Crippen LogP contribution in [0.25, 0.3) is 0 Å². The van der Waals surface area contributed by atoms with Gasteiger partial charge in [-0.1, -0.05) is 59.8 Å². The number of ether oxygens (including phenoxy) is 2. The summed E-state index contributed by atoms with van der Waals surface area (Å²) in [4.78, 5) is 0. The van der Waals surface area contributed by atoms with Crippen LogP contribution in [-0.4, -0.2) is 19.0 Å². The minimum atomic E-state index is -0.296. The van der Waals surface area contributed by atoms with E-state index in [1.807, 2.05) is 0 Å². The SMILES string of the molecule is CCCCCC(CCCC)(OCCCC)OCCCC. The van der Waals surface area contributed by atoms with Gasteiger partial charge in [0.1, 0.15) is 0 Å². The molecule has 0 atom stereocenters. The van der Waals surface area contributed by atoms with E-state index in [0.717, 1.165) is 38.9 Å². The van der Waals surface area contributed by atoms with Gasteiger partial charge in [-0.2, -0.15) is 0 Å². The molecule has 0 amide bonds. The highest BCUT2D eigenvalue weighted by Crippen LogP contribution is 2.28. The zero-order valence-corrected chi connectivity index (χ0v) is 14.5. The van der Waals surface area contributed by atoms with Gasteiger partial charge in [0.15, 0.2) is 5.79 Å². The van der Waals surface area contributed by atoms with Crippen LogP contribution in [0.4, 0.5) is 0 Å². The van der Waals surface area contributed by atoms with Crippen molar-refractivity contribution in [1.82, 2.24) is 0 Å². The summed E-state index contributed by atoms with van der Waals surface area (Å²) in [5, 5.41) is 0. The fraction of sp³-hybridized carbons (Fsp3) is 1.00. The second kappa shape index (κ2) is 13.9. The maximum absolute atomic E-state index is 6.24. The smallest absolute Gasteiger partial charge is 0.168 e. The molecule has 0 saturated carbocycles. The van der Waals surface area contributed by atoms with Crippen LogP contribution in [-0.2, 0) is 9.47 Å². The Morgan fingerprint density at radius 3 is 1.45 bits per heavy atom. The first kappa shape index (κ1) is 19.9. The van der Waals surface area contributed by atoms with Crippen LogP contribution in [0.3, 0.4) is 0 Å². The first-order valence-corrected chi connectivity index (χ1v) is 9.02. The van der Waals surface area contributed by atoms with E-state index in [2.05, 4.69) is 27.7 Å². The third-order valence-electron chi connectivity index (χ3n) is 3.80. The summed E-state index contributed by atoms with van der Waals surface area (Å²) in [6.07, 6.45) is 12.9. The van der Waals surface area contributed by atoms with Crippen molar-refractivity contribution in [2.24, 2.45) is 0 Å². The minimum Gasteiger partial charge on any atom is -0.350 e. The fourth-order valence-corrected chi connectivity index (χ4v) is 2.35. The first-order valence-electron chi connectivity index (χ1n) is 9.02. The monoisotopic (exact) mass is 286 g/mol. The standard InChI is InChI=1S/C18H38O2/c1-5-9-13-15-18(14-10-6-2,19-16-11-7-3)20-17-12-8-4/h5-17H2,1-4H3. The predicted molar refractivity (Wildman–Crippen MR) is 88.1 cm³/mol. The molecule has 0 radical (unpaired) electrons. The Labute approximate surface area is 127 Å². The lowest BCUT2D eigenvalue weighted by atomic mass is 10.0. The van der Waals surface area contributed by atoms with E-state index in [9.17, 15) is 0 Å². The molecule has 2 nitrogen and oxygen atoms in total. The van der Waals surface area contributed by atoms with Gasteiger partial charge in [0, 0.05) is 12.8 Å². The molecule has 0 aliphatic carbocycles. The number of hydrogen-bond acceptors (Lipinski definition) is 2. The molecule has 0 N–H and O–H groups in total. The van der Waals surface area contributed by atoms with Crippen molar-refractivity contribution in [1.29, 1.82) is 0 Å². The topological polar surface area (TPSA) is 18.5 Å². The Morgan fingerprint density at radius 1 is 0.550 bits per heavy atom. The van der Waals surface area contributed by atoms with E-state index in [1.54, 1.807) is 0 Å². The molecule has 0 aromatic carbocycles. The molecule has 0 fully saturated rings. The summed E-state index contributed by atoms with van der Waals surface area (Å²) in [5.41, 5.74) is 0. The van der Waals surface area contributed by atoms with E-state index in [0.29, 0.717) is 0 Å². The lowest BCUT2D eigenvalue weighted by molar-refractivity contribution is -0.247. The van der Waals surface area contributed by atoms with Crippen LogP contribution in [0.2, 0.25) is 0 Å². The molecule has 0 heterocycles. The van der Waals surface area contributed by atoms with Gasteiger partial charge in [-0.25, -0.2) is 0 Å². The van der Waals surface area contributed by atoms with Gasteiger partial charge in [-0.05, 0) is 25.7 Å². The number of rotatable bonds is 15. The average Bonchev–Trinajstić information content (AvgIpc) is 2.46. The fourth-order valence-electron chi connectivity index (χ4n) is 2.35. The van der Waals surface area contributed by atoms with Gasteiger partial charge >= 0.3 is 0 Å². The molecule has 20 heavy (non-hydrogen) atoms. The number of unbranched alkanes of at least 4 members (excludes halogenated alkanes) is 5. The summed E-state index contributed by atoms with van der Waals surface area (Å²) in [7, 11) is 0. The van der Waals surface area contributed by atoms with Crippen molar-refractivity contribution in [3.05, 3.63) is 0 Å². The predicted octanol–water partition coefficient (Wildman–Crippen LogP) is 6.09. The zero-order valence-electron chi connectivity index (χ0n) is 14.5. The van der Waals surface area contributed by atoms with Gasteiger partial charge < -0.3 is 9.47 Å². The molecule has 0 unspecified atom stereocenters. The lowest BCUT2D eigenvalue weighted by Crippen LogP contribution is -2.37. The summed E-state index contributed by atoms with van der Waals surface area (Å²) < 4.78 is 12.5. The van der Waals surface area contributed by atoms with Crippen molar-refractivity contribution >= 4 is 0 Å². The molecular weight excluding hydrogens is 248 g/mol. The lowest BCUT2D eigenvalue weighted by Gasteiger charge is -2.34. The first-order chi connectivity index (χ1) is 9.74. The van der Waals surface area contributed by atoms with E-state index >= 15 is 0 Å². The molecule has 0 aromatic rings. The maximum Gasteiger partial charge on any atom is 0.168 e. The molecular formula is C18H38O2. The van der Waals surface area contributed by atoms with E-state index in [1.165, 1.54) is 44.9 Å². The Balaban J connectivity index is 4.48. The van der Waals surface area contributed by atoms with Gasteiger partial charge in [-0.3, -0.25) is 0 Å². The Kier molecular flexibility index (Phi) is 13.8. The normalized spacial score (nSPS) is 12.0. The summed E-state index contributed by atoms with van der Waals surface area (Å²) >= 11 is 0. The van der Waals surface area contributed by atoms with E-state index in [4.69, 9.17) is 9.47 Å². The zero-order chi connectivity index (χ0) is 15.1. The van der Waals surface area contributed by atoms with Crippen LogP contribution in [0, 0.1) is 0 Å². The Morgan fingerprint density at radius 2 is 1.00 bits per heavy atom. The molecule has 0 rings (SSSR count). The molecule has 122 valence electrons. The van der Waals surface area contributed by atoms with E-state index < -0.39 is 0 Å². The van der Waals surface area contributed by atoms with Crippen molar-refractivity contribution in [3.8, 4) is 0 Å². The molecule has 0 aliphatic heterocycles. The molecule has 0 bridgehead atoms. The second-order valence-corrected chi connectivity index (χ2v) is 5.88. The molecule has 0 spiro atoms. The van der Waals surface area contributed by atoms with Crippen LogP contribution in [0.1, 0.15) is 98.3 Å². The van der Waals surface area contributed by atoms with Crippen LogP contribution in [0.5, 0.6) is 0 Å². The van der Waals surface area contributed by atoms with Gasteiger partial charge in [0.05, 0.1) is 13.2 Å². The van der Waals surface area contributed by atoms with Gasteiger partial charge in [0.25, 0.3) is 0 Å². The highest BCUT2D eigenvalue weighted by molar-refractivity contribution is 4.71. The summed E-state index contributed by atoms with van der Waals surface area (Å²) in [6.45, 7) is 10.6. The maximum atomic E-state index is 6.24. The van der Waals surface area contributed by atoms with Crippen molar-refractivity contribution in [2.45, 2.75) is 104 Å². The van der Waals surface area contributed by atoms with Gasteiger partial charge in [0.2, 0.25) is 0 Å². The third-order valence-corrected chi connectivity index (χ3v) is 3.80. The van der Waals surface area contributed by atoms with Crippen LogP contribution in [0.15, 0.2) is 0 Å². The largest absolute Gasteiger partial charge is 0.350 e. The second-order valence-electron chi connectivity index (χ2n) is 5.88. The van der Waals surface area contributed by atoms with Crippen molar-refractivity contribution in [3.63, 3.8) is 0 Å². The molecule has 2 heteroatoms. The molecule has 0 aliphatic rings. The third kappa shape index (κ3) is 9.77. The minimum absolute atomic E-state index is 0.296. The van der Waals surface area contributed by atoms with E-state index in [-0.39, 0.29) is 5.79 Å². The average molecular weight is 286 g/mol. The summed E-state index contributed by atoms with van der Waals surface area (Å²) in [6, 6.07) is 0. The van der Waals surface area contributed by atoms with Gasteiger partial charge in [-0.15, -0.1) is 0 Å². The van der Waals surface area contributed by atoms with Crippen LogP contribution >= 0.6 is 0 Å². The highest BCUT2D eigenvalue weighted by Gasteiger charge is 2.30. The summed E-state index contributed by atoms with van der Waals surface area (Å²) in [5.74, 6) is -0.296. The van der Waals surface area contributed by atoms with Crippen molar-refractivity contribution < 1.29 is 9.47 Å². The molecule has 0 saturated heterocycles. The quantitative estimate of drug-likeness (QED) is 0.268.